The zero-order valence-corrected chi connectivity index (χ0v) is 34.1. The molecule has 1 heterocycles. The van der Waals surface area contributed by atoms with Gasteiger partial charge in [-0.1, -0.05) is 85.2 Å². The third kappa shape index (κ3) is 11.5. The van der Waals surface area contributed by atoms with E-state index in [9.17, 15) is 24.3 Å². The van der Waals surface area contributed by atoms with Crippen LogP contribution in [0.15, 0.2) is 30.3 Å². The van der Waals surface area contributed by atoms with E-state index < -0.39 is 48.4 Å². The number of benzene rings is 1. The maximum atomic E-state index is 14.2. The molecule has 10 atom stereocenters. The summed E-state index contributed by atoms with van der Waals surface area (Å²) in [4.78, 5) is 60.6. The van der Waals surface area contributed by atoms with E-state index in [1.54, 1.807) is 44.9 Å². The van der Waals surface area contributed by atoms with Crippen molar-refractivity contribution in [2.45, 2.75) is 130 Å². The van der Waals surface area contributed by atoms with E-state index in [0.717, 1.165) is 12.8 Å². The summed E-state index contributed by atoms with van der Waals surface area (Å²) in [6.45, 7) is 16.0. The van der Waals surface area contributed by atoms with Crippen molar-refractivity contribution < 1.29 is 33.8 Å². The first-order valence-electron chi connectivity index (χ1n) is 19.0. The van der Waals surface area contributed by atoms with Gasteiger partial charge in [0.25, 0.3) is 0 Å². The van der Waals surface area contributed by atoms with Crippen LogP contribution in [0.3, 0.4) is 0 Å². The van der Waals surface area contributed by atoms with E-state index in [1.807, 2.05) is 90.9 Å². The average Bonchev–Trinajstić information content (AvgIpc) is 3.59. The standard InChI is InChI=1S/C40H69N5O7/c1-14-26(6)35(44(11)40(50)33(24(2)3)42-39(49)34(25(4)5)43(9)10)31(51-12)23-32(46)45-22-18-21-30(45)37(52-13)27(7)38(48)41-28(8)36(47)29-19-16-15-17-20-29/h15-17,19-20,24-28,30-31,33-37,47H,14,18,21-23H2,1-13H3,(H,41,48)(H,42,49)/t26-,27+,28+,30-,31?,33-,34-,35-,36?,37+/m0/s1. The van der Waals surface area contributed by atoms with Crippen LogP contribution in [0.1, 0.15) is 92.7 Å². The summed E-state index contributed by atoms with van der Waals surface area (Å²) in [5.74, 6) is -1.57. The van der Waals surface area contributed by atoms with Crippen LogP contribution < -0.4 is 10.6 Å². The first kappa shape index (κ1) is 45.1. The number of carbonyl (C=O) groups excluding carboxylic acids is 4. The minimum absolute atomic E-state index is 0.0153. The summed E-state index contributed by atoms with van der Waals surface area (Å²) in [6.07, 6.45) is 0.148. The fourth-order valence-corrected chi connectivity index (χ4v) is 7.78. The van der Waals surface area contributed by atoms with Gasteiger partial charge in [0, 0.05) is 27.8 Å². The smallest absolute Gasteiger partial charge is 0.245 e. The van der Waals surface area contributed by atoms with Crippen LogP contribution in [0, 0.1) is 23.7 Å². The number of likely N-dealkylation sites (tertiary alicyclic amines) is 1. The van der Waals surface area contributed by atoms with E-state index >= 15 is 0 Å². The normalized spacial score (nSPS) is 20.1. The third-order valence-electron chi connectivity index (χ3n) is 10.9. The molecular formula is C40H69N5O7. The predicted octanol–water partition coefficient (Wildman–Crippen LogP) is 3.87. The SMILES string of the molecule is CC[C@H](C)[C@@H](C(CC(=O)N1CCC[C@H]1[C@H](OC)[C@@H](C)C(=O)N[C@H](C)C(O)c1ccccc1)OC)N(C)C(=O)[C@@H](NC(=O)[C@H](C(C)C)N(C)C)C(C)C. The number of rotatable bonds is 20. The van der Waals surface area contributed by atoms with Crippen molar-refractivity contribution in [2.24, 2.45) is 23.7 Å². The number of nitrogens with one attached hydrogen (secondary N) is 2. The Bertz CT molecular complexity index is 1270. The van der Waals surface area contributed by atoms with Crippen molar-refractivity contribution in [3.05, 3.63) is 35.9 Å². The molecule has 2 unspecified atom stereocenters. The van der Waals surface area contributed by atoms with E-state index in [4.69, 9.17) is 9.47 Å². The molecule has 12 heteroatoms. The maximum Gasteiger partial charge on any atom is 0.245 e. The Morgan fingerprint density at radius 1 is 0.904 bits per heavy atom. The second-order valence-corrected chi connectivity index (χ2v) is 15.6. The zero-order valence-electron chi connectivity index (χ0n) is 34.1. The summed E-state index contributed by atoms with van der Waals surface area (Å²) < 4.78 is 11.9. The summed E-state index contributed by atoms with van der Waals surface area (Å²) in [5, 5.41) is 16.8. The van der Waals surface area contributed by atoms with E-state index in [-0.39, 0.29) is 53.8 Å². The molecule has 1 aromatic rings. The molecule has 1 saturated heterocycles. The van der Waals surface area contributed by atoms with Crippen molar-refractivity contribution in [2.75, 3.05) is 41.9 Å². The molecule has 4 amide bonds. The van der Waals surface area contributed by atoms with Crippen LogP contribution in [0.25, 0.3) is 0 Å². The Hall–Kier alpha value is -3.06. The highest BCUT2D eigenvalue weighted by atomic mass is 16.5. The van der Waals surface area contributed by atoms with Gasteiger partial charge in [-0.05, 0) is 57.2 Å². The van der Waals surface area contributed by atoms with Crippen molar-refractivity contribution in [1.29, 1.82) is 0 Å². The number of ether oxygens (including phenoxy) is 2. The van der Waals surface area contributed by atoms with Crippen molar-refractivity contribution >= 4 is 23.6 Å². The molecule has 296 valence electrons. The second-order valence-electron chi connectivity index (χ2n) is 15.6. The number of amides is 4. The number of likely N-dealkylation sites (N-methyl/N-ethyl adjacent to an activating group) is 2. The molecule has 12 nitrogen and oxygen atoms in total. The highest BCUT2D eigenvalue weighted by Crippen LogP contribution is 2.30. The number of hydrogen-bond acceptors (Lipinski definition) is 8. The monoisotopic (exact) mass is 732 g/mol. The van der Waals surface area contributed by atoms with Crippen LogP contribution in [0.2, 0.25) is 0 Å². The van der Waals surface area contributed by atoms with Crippen LogP contribution in [-0.4, -0.2) is 128 Å². The van der Waals surface area contributed by atoms with E-state index in [1.165, 1.54) is 0 Å². The fraction of sp³-hybridized carbons (Fsp3) is 0.750. The second kappa shape index (κ2) is 21.0. The van der Waals surface area contributed by atoms with Gasteiger partial charge in [-0.2, -0.15) is 0 Å². The molecule has 0 aliphatic carbocycles. The lowest BCUT2D eigenvalue weighted by molar-refractivity contribution is -0.148. The Morgan fingerprint density at radius 3 is 2.02 bits per heavy atom. The Balaban J connectivity index is 2.25. The Morgan fingerprint density at radius 2 is 1.52 bits per heavy atom. The van der Waals surface area contributed by atoms with Crippen molar-refractivity contribution in [3.8, 4) is 0 Å². The average molecular weight is 732 g/mol. The Kier molecular flexibility index (Phi) is 18.2. The Labute approximate surface area is 313 Å². The summed E-state index contributed by atoms with van der Waals surface area (Å²) in [5.41, 5.74) is 0.711. The first-order valence-corrected chi connectivity index (χ1v) is 19.0. The molecule has 0 radical (unpaired) electrons. The minimum atomic E-state index is -0.876. The lowest BCUT2D eigenvalue weighted by atomic mass is 9.89. The van der Waals surface area contributed by atoms with Gasteiger partial charge < -0.3 is 35.0 Å². The largest absolute Gasteiger partial charge is 0.386 e. The number of nitrogens with zero attached hydrogens (tertiary/aromatic N) is 3. The third-order valence-corrected chi connectivity index (χ3v) is 10.9. The van der Waals surface area contributed by atoms with Crippen molar-refractivity contribution in [3.63, 3.8) is 0 Å². The predicted molar refractivity (Wildman–Crippen MR) is 204 cm³/mol. The number of carbonyl (C=O) groups is 4. The molecule has 0 aromatic heterocycles. The highest BCUT2D eigenvalue weighted by Gasteiger charge is 2.43. The van der Waals surface area contributed by atoms with Gasteiger partial charge in [-0.15, -0.1) is 0 Å². The van der Waals surface area contributed by atoms with Gasteiger partial charge in [-0.3, -0.25) is 24.1 Å². The van der Waals surface area contributed by atoms with Gasteiger partial charge in [0.05, 0.1) is 54.8 Å². The van der Waals surface area contributed by atoms with Crippen LogP contribution in [-0.2, 0) is 28.7 Å². The first-order chi connectivity index (χ1) is 24.4. The molecule has 1 aliphatic rings. The molecule has 0 bridgehead atoms. The van der Waals surface area contributed by atoms with E-state index in [2.05, 4.69) is 10.6 Å². The summed E-state index contributed by atoms with van der Waals surface area (Å²) >= 11 is 0. The zero-order chi connectivity index (χ0) is 39.4. The molecular weight excluding hydrogens is 662 g/mol. The molecule has 52 heavy (non-hydrogen) atoms. The van der Waals surface area contributed by atoms with Crippen LogP contribution >= 0.6 is 0 Å². The highest BCUT2D eigenvalue weighted by molar-refractivity contribution is 5.90. The van der Waals surface area contributed by atoms with Gasteiger partial charge >= 0.3 is 0 Å². The lowest BCUT2D eigenvalue weighted by Gasteiger charge is -2.41. The summed E-state index contributed by atoms with van der Waals surface area (Å²) in [7, 11) is 8.57. The quantitative estimate of drug-likeness (QED) is 0.184. The molecule has 1 aromatic carbocycles. The molecule has 1 aliphatic heterocycles. The number of hydrogen-bond donors (Lipinski definition) is 3. The molecule has 0 spiro atoms. The fourth-order valence-electron chi connectivity index (χ4n) is 7.78. The number of methoxy groups -OCH3 is 2. The van der Waals surface area contributed by atoms with Gasteiger partial charge in [0.2, 0.25) is 23.6 Å². The molecule has 2 rings (SSSR count). The van der Waals surface area contributed by atoms with Gasteiger partial charge in [0.1, 0.15) is 6.04 Å². The summed E-state index contributed by atoms with van der Waals surface area (Å²) in [6, 6.07) is 6.72. The van der Waals surface area contributed by atoms with Gasteiger partial charge in [0.15, 0.2) is 0 Å². The maximum absolute atomic E-state index is 14.2. The van der Waals surface area contributed by atoms with Crippen LogP contribution in [0.4, 0.5) is 0 Å². The van der Waals surface area contributed by atoms with Crippen molar-refractivity contribution in [1.82, 2.24) is 25.3 Å². The van der Waals surface area contributed by atoms with Gasteiger partial charge in [-0.25, -0.2) is 0 Å². The molecule has 0 saturated carbocycles. The minimum Gasteiger partial charge on any atom is -0.386 e. The van der Waals surface area contributed by atoms with E-state index in [0.29, 0.717) is 18.5 Å². The topological polar surface area (TPSA) is 141 Å². The molecule has 3 N–H and O–H groups in total. The van der Waals surface area contributed by atoms with Crippen LogP contribution in [0.5, 0.6) is 0 Å². The lowest BCUT2D eigenvalue weighted by Crippen LogP contribution is -2.59. The molecule has 1 fully saturated rings. The number of aliphatic hydroxyl groups excluding tert-OH is 1. The number of aliphatic hydroxyl groups is 1.